The van der Waals surface area contributed by atoms with Crippen LogP contribution in [0.4, 0.5) is 0 Å². The molecule has 0 aliphatic heterocycles. The largest absolute Gasteiger partial charge is 0.354 e. The van der Waals surface area contributed by atoms with Crippen molar-refractivity contribution in [2.45, 2.75) is 51.5 Å². The van der Waals surface area contributed by atoms with E-state index in [-0.39, 0.29) is 11.9 Å². The van der Waals surface area contributed by atoms with Crippen molar-refractivity contribution in [2.75, 3.05) is 6.54 Å². The molecule has 0 aromatic heterocycles. The second kappa shape index (κ2) is 6.62. The van der Waals surface area contributed by atoms with Gasteiger partial charge in [0.2, 0.25) is 5.91 Å². The summed E-state index contributed by atoms with van der Waals surface area (Å²) >= 11 is 0. The monoisotopic (exact) mass is 210 g/mol. The van der Waals surface area contributed by atoms with Crippen molar-refractivity contribution in [3.63, 3.8) is 0 Å². The van der Waals surface area contributed by atoms with Gasteiger partial charge in [-0.05, 0) is 32.1 Å². The van der Waals surface area contributed by atoms with Crippen LogP contribution in [0, 0.1) is 0 Å². The Kier molecular flexibility index (Phi) is 5.40. The Balaban J connectivity index is 2.11. The van der Waals surface area contributed by atoms with Gasteiger partial charge < -0.3 is 11.1 Å². The zero-order valence-electron chi connectivity index (χ0n) is 9.59. The maximum absolute atomic E-state index is 11.5. The quantitative estimate of drug-likeness (QED) is 0.656. The van der Waals surface area contributed by atoms with Crippen molar-refractivity contribution in [1.82, 2.24) is 5.32 Å². The van der Waals surface area contributed by atoms with Gasteiger partial charge in [0.15, 0.2) is 0 Å². The fraction of sp³-hybridized carbons (Fsp3) is 0.750. The van der Waals surface area contributed by atoms with Crippen LogP contribution >= 0.6 is 0 Å². The smallest absolute Gasteiger partial charge is 0.236 e. The van der Waals surface area contributed by atoms with Crippen LogP contribution in [0.25, 0.3) is 0 Å². The molecular weight excluding hydrogens is 188 g/mol. The Hall–Kier alpha value is -0.830. The third-order valence-electron chi connectivity index (χ3n) is 2.82. The predicted molar refractivity (Wildman–Crippen MR) is 62.4 cm³/mol. The number of nitrogens with two attached hydrogens (primary N) is 1. The number of rotatable bonds is 6. The van der Waals surface area contributed by atoms with Gasteiger partial charge >= 0.3 is 0 Å². The van der Waals surface area contributed by atoms with E-state index < -0.39 is 0 Å². The predicted octanol–water partition coefficient (Wildman–Crippen LogP) is 1.73. The van der Waals surface area contributed by atoms with Crippen LogP contribution in [0.2, 0.25) is 0 Å². The fourth-order valence-electron chi connectivity index (χ4n) is 1.88. The number of carbonyl (C=O) groups excluding carboxylic acids is 1. The second-order valence-electron chi connectivity index (χ2n) is 4.19. The molecule has 0 aromatic rings. The third-order valence-corrected chi connectivity index (χ3v) is 2.82. The van der Waals surface area contributed by atoms with E-state index in [9.17, 15) is 4.79 Å². The SMILES string of the molecule is CCCC(N)C(=O)NCCC1=CCCC1. The molecule has 1 rings (SSSR count). The first-order valence-corrected chi connectivity index (χ1v) is 5.95. The number of nitrogens with one attached hydrogen (secondary N) is 1. The molecular formula is C12H22N2O. The molecule has 86 valence electrons. The van der Waals surface area contributed by atoms with Gasteiger partial charge in [0.1, 0.15) is 0 Å². The lowest BCUT2D eigenvalue weighted by Crippen LogP contribution is -2.40. The van der Waals surface area contributed by atoms with Gasteiger partial charge in [-0.2, -0.15) is 0 Å². The van der Waals surface area contributed by atoms with Gasteiger partial charge in [-0.15, -0.1) is 0 Å². The Morgan fingerprint density at radius 2 is 2.47 bits per heavy atom. The normalized spacial score (nSPS) is 17.3. The molecule has 0 heterocycles. The van der Waals surface area contributed by atoms with Gasteiger partial charge in [0.05, 0.1) is 6.04 Å². The third kappa shape index (κ3) is 4.47. The van der Waals surface area contributed by atoms with Crippen LogP contribution in [0.5, 0.6) is 0 Å². The van der Waals surface area contributed by atoms with Crippen LogP contribution in [0.1, 0.15) is 45.4 Å². The lowest BCUT2D eigenvalue weighted by Gasteiger charge is -2.11. The summed E-state index contributed by atoms with van der Waals surface area (Å²) in [5.41, 5.74) is 7.18. The zero-order chi connectivity index (χ0) is 11.1. The summed E-state index contributed by atoms with van der Waals surface area (Å²) in [5, 5.41) is 2.89. The molecule has 3 N–H and O–H groups in total. The van der Waals surface area contributed by atoms with E-state index >= 15 is 0 Å². The number of allylic oxidation sites excluding steroid dienone is 1. The molecule has 0 spiro atoms. The van der Waals surface area contributed by atoms with E-state index in [0.29, 0.717) is 0 Å². The summed E-state index contributed by atoms with van der Waals surface area (Å²) in [6.07, 6.45) is 8.70. The summed E-state index contributed by atoms with van der Waals surface area (Å²) in [6, 6.07) is -0.326. The first kappa shape index (κ1) is 12.2. The molecule has 0 saturated heterocycles. The van der Waals surface area contributed by atoms with Crippen molar-refractivity contribution < 1.29 is 4.79 Å². The van der Waals surface area contributed by atoms with Crippen molar-refractivity contribution in [1.29, 1.82) is 0 Å². The molecule has 0 bridgehead atoms. The minimum absolute atomic E-state index is 0.00422. The lowest BCUT2D eigenvalue weighted by molar-refractivity contribution is -0.122. The highest BCUT2D eigenvalue weighted by Gasteiger charge is 2.11. The fourth-order valence-corrected chi connectivity index (χ4v) is 1.88. The molecule has 1 aliphatic rings. The van der Waals surface area contributed by atoms with E-state index in [1.165, 1.54) is 24.8 Å². The zero-order valence-corrected chi connectivity index (χ0v) is 9.59. The molecule has 0 fully saturated rings. The maximum atomic E-state index is 11.5. The van der Waals surface area contributed by atoms with E-state index in [4.69, 9.17) is 5.73 Å². The van der Waals surface area contributed by atoms with Crippen LogP contribution in [0.15, 0.2) is 11.6 Å². The second-order valence-corrected chi connectivity index (χ2v) is 4.19. The van der Waals surface area contributed by atoms with Crippen LogP contribution in [0.3, 0.4) is 0 Å². The van der Waals surface area contributed by atoms with E-state index in [2.05, 4.69) is 11.4 Å². The van der Waals surface area contributed by atoms with Crippen LogP contribution in [-0.4, -0.2) is 18.5 Å². The van der Waals surface area contributed by atoms with Gasteiger partial charge in [-0.1, -0.05) is 25.0 Å². The molecule has 1 unspecified atom stereocenters. The molecule has 3 nitrogen and oxygen atoms in total. The molecule has 0 aromatic carbocycles. The van der Waals surface area contributed by atoms with E-state index in [1.807, 2.05) is 6.92 Å². The van der Waals surface area contributed by atoms with Crippen molar-refractivity contribution in [2.24, 2.45) is 5.73 Å². The summed E-state index contributed by atoms with van der Waals surface area (Å²) in [5.74, 6) is -0.00422. The topological polar surface area (TPSA) is 55.1 Å². The van der Waals surface area contributed by atoms with Crippen LogP contribution < -0.4 is 11.1 Å². The van der Waals surface area contributed by atoms with Crippen LogP contribution in [-0.2, 0) is 4.79 Å². The highest BCUT2D eigenvalue weighted by atomic mass is 16.2. The van der Waals surface area contributed by atoms with E-state index in [0.717, 1.165) is 25.8 Å². The number of amides is 1. The molecule has 0 radical (unpaired) electrons. The lowest BCUT2D eigenvalue weighted by atomic mass is 10.1. The Bertz CT molecular complexity index is 236. The Morgan fingerprint density at radius 3 is 3.07 bits per heavy atom. The first-order valence-electron chi connectivity index (χ1n) is 5.95. The number of hydrogen-bond donors (Lipinski definition) is 2. The number of hydrogen-bond acceptors (Lipinski definition) is 2. The van der Waals surface area contributed by atoms with Gasteiger partial charge in [0.25, 0.3) is 0 Å². The maximum Gasteiger partial charge on any atom is 0.236 e. The summed E-state index contributed by atoms with van der Waals surface area (Å²) in [6.45, 7) is 2.78. The van der Waals surface area contributed by atoms with Crippen molar-refractivity contribution >= 4 is 5.91 Å². The summed E-state index contributed by atoms with van der Waals surface area (Å²) in [7, 11) is 0. The minimum Gasteiger partial charge on any atom is -0.354 e. The number of carbonyl (C=O) groups is 1. The first-order chi connectivity index (χ1) is 7.24. The standard InChI is InChI=1S/C12H22N2O/c1-2-5-11(13)12(15)14-9-8-10-6-3-4-7-10/h6,11H,2-5,7-9,13H2,1H3,(H,14,15). The molecule has 1 amide bonds. The molecule has 1 aliphatic carbocycles. The van der Waals surface area contributed by atoms with Gasteiger partial charge in [-0.3, -0.25) is 4.79 Å². The average molecular weight is 210 g/mol. The summed E-state index contributed by atoms with van der Waals surface area (Å²) < 4.78 is 0. The van der Waals surface area contributed by atoms with Gasteiger partial charge in [0, 0.05) is 6.54 Å². The molecule has 3 heteroatoms. The summed E-state index contributed by atoms with van der Waals surface area (Å²) in [4.78, 5) is 11.5. The molecule has 1 atom stereocenters. The molecule has 15 heavy (non-hydrogen) atoms. The average Bonchev–Trinajstić information content (AvgIpc) is 2.71. The van der Waals surface area contributed by atoms with E-state index in [1.54, 1.807) is 0 Å². The van der Waals surface area contributed by atoms with Crippen molar-refractivity contribution in [3.8, 4) is 0 Å². The highest BCUT2D eigenvalue weighted by Crippen LogP contribution is 2.19. The van der Waals surface area contributed by atoms with Gasteiger partial charge in [-0.25, -0.2) is 0 Å². The Morgan fingerprint density at radius 1 is 1.67 bits per heavy atom. The highest BCUT2D eigenvalue weighted by molar-refractivity contribution is 5.81. The van der Waals surface area contributed by atoms with Crippen molar-refractivity contribution in [3.05, 3.63) is 11.6 Å². The molecule has 0 saturated carbocycles. The minimum atomic E-state index is -0.326. The Labute approximate surface area is 92.1 Å².